The molecule has 0 saturated heterocycles. The molecule has 5 aromatic rings. The van der Waals surface area contributed by atoms with E-state index in [-0.39, 0.29) is 12.0 Å². The van der Waals surface area contributed by atoms with E-state index < -0.39 is 0 Å². The number of ether oxygens (including phenoxy) is 2. The third-order valence-electron chi connectivity index (χ3n) is 6.51. The van der Waals surface area contributed by atoms with E-state index in [1.54, 1.807) is 19.5 Å². The molecule has 192 valence electrons. The summed E-state index contributed by atoms with van der Waals surface area (Å²) in [6.45, 7) is 0.582. The van der Waals surface area contributed by atoms with Gasteiger partial charge in [0.2, 0.25) is 0 Å². The zero-order valence-corrected chi connectivity index (χ0v) is 21.6. The van der Waals surface area contributed by atoms with Crippen LogP contribution in [0.3, 0.4) is 0 Å². The van der Waals surface area contributed by atoms with Gasteiger partial charge in [-0.1, -0.05) is 36.4 Å². The van der Waals surface area contributed by atoms with Crippen molar-refractivity contribution >= 4 is 0 Å². The topological polar surface area (TPSA) is 80.1 Å². The third kappa shape index (κ3) is 6.48. The Morgan fingerprint density at radius 1 is 0.744 bits per heavy atom. The summed E-state index contributed by atoms with van der Waals surface area (Å²) in [5.74, 6) is 2.18. The van der Waals surface area contributed by atoms with E-state index in [0.717, 1.165) is 39.5 Å². The van der Waals surface area contributed by atoms with Crippen LogP contribution in [0.25, 0.3) is 0 Å². The smallest absolute Gasteiger partial charge is 0.127 e. The molecule has 1 N–H and O–H groups in total. The van der Waals surface area contributed by atoms with E-state index in [1.165, 1.54) is 0 Å². The number of nitriles is 1. The molecule has 5 rings (SSSR count). The normalized spacial score (nSPS) is 11.5. The number of aromatic nitrogens is 2. The molecular formula is C33H28N4O2. The van der Waals surface area contributed by atoms with Gasteiger partial charge in [0, 0.05) is 43.3 Å². The molecule has 0 fully saturated rings. The Hall–Kier alpha value is -4.99. The van der Waals surface area contributed by atoms with Crippen LogP contribution in [0.1, 0.15) is 39.8 Å². The number of hydrogen-bond donors (Lipinski definition) is 1. The minimum Gasteiger partial charge on any atom is -0.497 e. The summed E-state index contributed by atoms with van der Waals surface area (Å²) in [5, 5.41) is 13.4. The Balaban J connectivity index is 1.45. The number of hydrogen-bond acceptors (Lipinski definition) is 6. The molecule has 0 amide bonds. The number of nitrogens with zero attached hydrogens (tertiary/aromatic N) is 3. The number of rotatable bonds is 10. The van der Waals surface area contributed by atoms with Crippen LogP contribution in [-0.2, 0) is 6.54 Å². The minimum absolute atomic E-state index is 0.0833. The van der Waals surface area contributed by atoms with Gasteiger partial charge >= 0.3 is 0 Å². The molecule has 2 aromatic heterocycles. The summed E-state index contributed by atoms with van der Waals surface area (Å²) < 4.78 is 11.3. The lowest BCUT2D eigenvalue weighted by molar-refractivity contribution is 0.413. The molecule has 6 heteroatoms. The first kappa shape index (κ1) is 25.7. The van der Waals surface area contributed by atoms with Crippen molar-refractivity contribution in [2.75, 3.05) is 7.11 Å². The Labute approximate surface area is 228 Å². The van der Waals surface area contributed by atoms with Crippen LogP contribution in [0.4, 0.5) is 0 Å². The van der Waals surface area contributed by atoms with Crippen LogP contribution in [-0.4, -0.2) is 17.1 Å². The average molecular weight is 513 g/mol. The fourth-order valence-electron chi connectivity index (χ4n) is 4.65. The van der Waals surface area contributed by atoms with Gasteiger partial charge in [-0.3, -0.25) is 9.97 Å². The molecule has 39 heavy (non-hydrogen) atoms. The molecule has 3 aromatic carbocycles. The maximum absolute atomic E-state index is 9.59. The lowest BCUT2D eigenvalue weighted by atomic mass is 9.82. The van der Waals surface area contributed by atoms with Gasteiger partial charge in [-0.15, -0.1) is 0 Å². The molecular weight excluding hydrogens is 484 g/mol. The number of nitrogens with one attached hydrogen (secondary N) is 1. The van der Waals surface area contributed by atoms with Crippen LogP contribution in [0.2, 0.25) is 0 Å². The molecule has 6 nitrogen and oxygen atoms in total. The fraction of sp³-hybridized carbons (Fsp3) is 0.121. The Kier molecular flexibility index (Phi) is 8.22. The Morgan fingerprint density at radius 3 is 2.05 bits per heavy atom. The summed E-state index contributed by atoms with van der Waals surface area (Å²) in [7, 11) is 1.64. The van der Waals surface area contributed by atoms with E-state index in [0.29, 0.717) is 12.1 Å². The molecule has 0 aliphatic heterocycles. The molecule has 0 aliphatic carbocycles. The molecule has 1 atom stereocenters. The van der Waals surface area contributed by atoms with E-state index in [2.05, 4.69) is 45.6 Å². The van der Waals surface area contributed by atoms with Crippen LogP contribution in [0.5, 0.6) is 17.2 Å². The summed E-state index contributed by atoms with van der Waals surface area (Å²) in [6, 6.07) is 33.5. The van der Waals surface area contributed by atoms with Gasteiger partial charge in [0.25, 0.3) is 0 Å². The van der Waals surface area contributed by atoms with Crippen molar-refractivity contribution in [2.24, 2.45) is 0 Å². The van der Waals surface area contributed by atoms with E-state index in [1.807, 2.05) is 85.2 Å². The zero-order chi connectivity index (χ0) is 26.9. The predicted molar refractivity (Wildman–Crippen MR) is 151 cm³/mol. The molecule has 2 heterocycles. The van der Waals surface area contributed by atoms with Gasteiger partial charge in [0.05, 0.1) is 18.7 Å². The van der Waals surface area contributed by atoms with Crippen LogP contribution in [0.15, 0.2) is 122 Å². The van der Waals surface area contributed by atoms with Gasteiger partial charge in [0.1, 0.15) is 17.2 Å². The molecule has 1 unspecified atom stereocenters. The molecule has 0 saturated carbocycles. The van der Waals surface area contributed by atoms with Gasteiger partial charge < -0.3 is 14.8 Å². The molecule has 0 bridgehead atoms. The van der Waals surface area contributed by atoms with Crippen LogP contribution in [0, 0.1) is 11.3 Å². The van der Waals surface area contributed by atoms with Crippen molar-refractivity contribution in [2.45, 2.75) is 18.5 Å². The highest BCUT2D eigenvalue weighted by Gasteiger charge is 2.27. The lowest BCUT2D eigenvalue weighted by Gasteiger charge is -2.29. The van der Waals surface area contributed by atoms with E-state index in [9.17, 15) is 5.26 Å². The second-order valence-corrected chi connectivity index (χ2v) is 9.07. The van der Waals surface area contributed by atoms with Crippen LogP contribution < -0.4 is 14.8 Å². The second kappa shape index (κ2) is 12.5. The van der Waals surface area contributed by atoms with Gasteiger partial charge in [-0.2, -0.15) is 5.26 Å². The van der Waals surface area contributed by atoms with Crippen molar-refractivity contribution in [1.29, 1.82) is 5.26 Å². The molecule has 0 spiro atoms. The maximum atomic E-state index is 9.59. The standard InChI is InChI=1S/C33H28N4O2/c1-38-29-12-14-30(15-13-29)39-31-11-3-7-25(19-31)21-37-33(26-8-2-6-24(18-26)20-34)32(27-9-4-16-35-22-27)28-10-5-17-36-23-28/h2-19,22-23,32-33,37H,21H2,1H3. The molecule has 0 radical (unpaired) electrons. The number of pyridine rings is 2. The Bertz CT molecular complexity index is 1490. The van der Waals surface area contributed by atoms with Gasteiger partial charge in [-0.25, -0.2) is 0 Å². The summed E-state index contributed by atoms with van der Waals surface area (Å²) >= 11 is 0. The summed E-state index contributed by atoms with van der Waals surface area (Å²) in [4.78, 5) is 8.79. The fourth-order valence-corrected chi connectivity index (χ4v) is 4.65. The maximum Gasteiger partial charge on any atom is 0.127 e. The highest BCUT2D eigenvalue weighted by molar-refractivity contribution is 5.41. The van der Waals surface area contributed by atoms with E-state index in [4.69, 9.17) is 9.47 Å². The highest BCUT2D eigenvalue weighted by atomic mass is 16.5. The van der Waals surface area contributed by atoms with Gasteiger partial charge in [0.15, 0.2) is 0 Å². The lowest BCUT2D eigenvalue weighted by Crippen LogP contribution is -2.28. The minimum atomic E-state index is -0.155. The van der Waals surface area contributed by atoms with Crippen molar-refractivity contribution in [3.8, 4) is 23.3 Å². The second-order valence-electron chi connectivity index (χ2n) is 9.07. The predicted octanol–water partition coefficient (Wildman–Crippen LogP) is 6.81. The monoisotopic (exact) mass is 512 g/mol. The van der Waals surface area contributed by atoms with Crippen molar-refractivity contribution < 1.29 is 9.47 Å². The first-order valence-electron chi connectivity index (χ1n) is 12.7. The first-order chi connectivity index (χ1) is 19.2. The van der Waals surface area contributed by atoms with Crippen LogP contribution >= 0.6 is 0 Å². The van der Waals surface area contributed by atoms with Gasteiger partial charge in [-0.05, 0) is 82.9 Å². The summed E-state index contributed by atoms with van der Waals surface area (Å²) in [5.41, 5.74) is 4.81. The third-order valence-corrected chi connectivity index (χ3v) is 6.51. The number of methoxy groups -OCH3 is 1. The number of benzene rings is 3. The first-order valence-corrected chi connectivity index (χ1v) is 12.7. The van der Waals surface area contributed by atoms with Crippen molar-refractivity contribution in [3.05, 3.63) is 150 Å². The highest BCUT2D eigenvalue weighted by Crippen LogP contribution is 2.37. The largest absolute Gasteiger partial charge is 0.497 e. The quantitative estimate of drug-likeness (QED) is 0.221. The Morgan fingerprint density at radius 2 is 1.41 bits per heavy atom. The SMILES string of the molecule is COc1ccc(Oc2cccc(CNC(c3cccc(C#N)c3)C(c3cccnc3)c3cccnc3)c2)cc1. The summed E-state index contributed by atoms with van der Waals surface area (Å²) in [6.07, 6.45) is 7.33. The van der Waals surface area contributed by atoms with E-state index >= 15 is 0 Å². The zero-order valence-electron chi connectivity index (χ0n) is 21.6. The molecule has 0 aliphatic rings. The van der Waals surface area contributed by atoms with Crippen molar-refractivity contribution in [3.63, 3.8) is 0 Å². The average Bonchev–Trinajstić information content (AvgIpc) is 3.00. The van der Waals surface area contributed by atoms with Crippen molar-refractivity contribution in [1.82, 2.24) is 15.3 Å².